The molecular weight excluding hydrogens is 206 g/mol. The van der Waals surface area contributed by atoms with Crippen molar-refractivity contribution in [1.82, 2.24) is 5.32 Å². The Balaban J connectivity index is 1.51. The third-order valence-corrected chi connectivity index (χ3v) is 6.07. The Morgan fingerprint density at radius 3 is 2.24 bits per heavy atom. The normalized spacial score (nSPS) is 40.9. The Morgan fingerprint density at radius 1 is 0.882 bits per heavy atom. The molecule has 0 radical (unpaired) electrons. The molecule has 0 aromatic carbocycles. The van der Waals surface area contributed by atoms with Crippen LogP contribution in [0.5, 0.6) is 0 Å². The van der Waals surface area contributed by atoms with E-state index in [1.165, 1.54) is 44.9 Å². The summed E-state index contributed by atoms with van der Waals surface area (Å²) in [5.41, 5.74) is 0. The van der Waals surface area contributed by atoms with E-state index in [4.69, 9.17) is 0 Å². The molecule has 0 spiro atoms. The van der Waals surface area contributed by atoms with E-state index in [0.717, 1.165) is 35.8 Å². The first-order valence-corrected chi connectivity index (χ1v) is 8.00. The first kappa shape index (κ1) is 12.0. The van der Waals surface area contributed by atoms with Gasteiger partial charge in [-0.1, -0.05) is 19.3 Å². The Kier molecular flexibility index (Phi) is 3.47. The standard InChI is InChI=1S/C16H29N/c1-11(14-5-3-4-6-14)17-12(2)16-10-13-7-8-15(16)9-13/h11-17H,3-10H2,1-2H3. The van der Waals surface area contributed by atoms with Crippen molar-refractivity contribution in [3.63, 3.8) is 0 Å². The predicted molar refractivity (Wildman–Crippen MR) is 73.0 cm³/mol. The zero-order valence-corrected chi connectivity index (χ0v) is 11.6. The lowest BCUT2D eigenvalue weighted by Crippen LogP contribution is -2.44. The maximum Gasteiger partial charge on any atom is 0.00723 e. The van der Waals surface area contributed by atoms with E-state index in [9.17, 15) is 0 Å². The highest BCUT2D eigenvalue weighted by Crippen LogP contribution is 2.49. The van der Waals surface area contributed by atoms with Gasteiger partial charge >= 0.3 is 0 Å². The molecule has 3 rings (SSSR count). The second-order valence-electron chi connectivity index (χ2n) is 7.13. The lowest BCUT2D eigenvalue weighted by molar-refractivity contribution is 0.228. The van der Waals surface area contributed by atoms with Gasteiger partial charge in [0.25, 0.3) is 0 Å². The fourth-order valence-corrected chi connectivity index (χ4v) is 5.04. The number of nitrogens with one attached hydrogen (secondary N) is 1. The minimum atomic E-state index is 0.756. The summed E-state index contributed by atoms with van der Waals surface area (Å²) in [6.45, 7) is 4.89. The van der Waals surface area contributed by atoms with E-state index in [1.54, 1.807) is 6.42 Å². The average Bonchev–Trinajstić information content (AvgIpc) is 3.05. The lowest BCUT2D eigenvalue weighted by atomic mass is 9.83. The van der Waals surface area contributed by atoms with E-state index in [1.807, 2.05) is 0 Å². The van der Waals surface area contributed by atoms with Gasteiger partial charge in [0.1, 0.15) is 0 Å². The van der Waals surface area contributed by atoms with Crippen molar-refractivity contribution in [2.75, 3.05) is 0 Å². The molecule has 5 unspecified atom stereocenters. The topological polar surface area (TPSA) is 12.0 Å². The van der Waals surface area contributed by atoms with Crippen molar-refractivity contribution < 1.29 is 0 Å². The highest BCUT2D eigenvalue weighted by molar-refractivity contribution is 4.95. The van der Waals surface area contributed by atoms with Crippen LogP contribution in [0.25, 0.3) is 0 Å². The summed E-state index contributed by atoms with van der Waals surface area (Å²) >= 11 is 0. The van der Waals surface area contributed by atoms with Crippen LogP contribution < -0.4 is 5.32 Å². The maximum absolute atomic E-state index is 3.95. The van der Waals surface area contributed by atoms with Crippen LogP contribution in [-0.2, 0) is 0 Å². The van der Waals surface area contributed by atoms with Crippen molar-refractivity contribution in [2.24, 2.45) is 23.7 Å². The average molecular weight is 235 g/mol. The van der Waals surface area contributed by atoms with Gasteiger partial charge in [0.15, 0.2) is 0 Å². The van der Waals surface area contributed by atoms with Crippen LogP contribution in [0, 0.1) is 23.7 Å². The SMILES string of the molecule is CC(NC(C)C1CC2CCC1C2)C1CCCC1. The van der Waals surface area contributed by atoms with Crippen LogP contribution in [0.2, 0.25) is 0 Å². The van der Waals surface area contributed by atoms with Gasteiger partial charge in [-0.2, -0.15) is 0 Å². The van der Waals surface area contributed by atoms with Crippen LogP contribution in [0.4, 0.5) is 0 Å². The zero-order chi connectivity index (χ0) is 11.8. The van der Waals surface area contributed by atoms with Crippen molar-refractivity contribution in [3.05, 3.63) is 0 Å². The maximum atomic E-state index is 3.95. The van der Waals surface area contributed by atoms with Crippen LogP contribution >= 0.6 is 0 Å². The molecule has 98 valence electrons. The summed E-state index contributed by atoms with van der Waals surface area (Å²) in [4.78, 5) is 0. The highest BCUT2D eigenvalue weighted by Gasteiger charge is 2.42. The van der Waals surface area contributed by atoms with Gasteiger partial charge in [0, 0.05) is 12.1 Å². The molecule has 17 heavy (non-hydrogen) atoms. The Hall–Kier alpha value is -0.0400. The van der Waals surface area contributed by atoms with Crippen molar-refractivity contribution >= 4 is 0 Å². The molecule has 5 atom stereocenters. The van der Waals surface area contributed by atoms with E-state index in [0.29, 0.717) is 0 Å². The van der Waals surface area contributed by atoms with Gasteiger partial charge in [-0.05, 0) is 69.6 Å². The van der Waals surface area contributed by atoms with Crippen LogP contribution in [0.3, 0.4) is 0 Å². The molecule has 2 bridgehead atoms. The summed E-state index contributed by atoms with van der Waals surface area (Å²) in [7, 11) is 0. The van der Waals surface area contributed by atoms with Crippen molar-refractivity contribution in [1.29, 1.82) is 0 Å². The molecule has 0 aliphatic heterocycles. The second kappa shape index (κ2) is 4.91. The van der Waals surface area contributed by atoms with E-state index in [2.05, 4.69) is 19.2 Å². The minimum Gasteiger partial charge on any atom is -0.311 e. The van der Waals surface area contributed by atoms with Gasteiger partial charge in [-0.3, -0.25) is 0 Å². The third kappa shape index (κ3) is 2.41. The molecule has 3 aliphatic rings. The number of fused-ring (bicyclic) bond motifs is 2. The largest absolute Gasteiger partial charge is 0.311 e. The summed E-state index contributed by atoms with van der Waals surface area (Å²) in [6.07, 6.45) is 12.0. The molecular formula is C16H29N. The van der Waals surface area contributed by atoms with Crippen molar-refractivity contribution in [2.45, 2.75) is 77.3 Å². The van der Waals surface area contributed by atoms with Gasteiger partial charge in [0.2, 0.25) is 0 Å². The molecule has 1 N–H and O–H groups in total. The smallest absolute Gasteiger partial charge is 0.00723 e. The summed E-state index contributed by atoms with van der Waals surface area (Å²) < 4.78 is 0. The quantitative estimate of drug-likeness (QED) is 0.777. The fraction of sp³-hybridized carbons (Fsp3) is 1.00. The number of hydrogen-bond acceptors (Lipinski definition) is 1. The van der Waals surface area contributed by atoms with Gasteiger partial charge in [-0.25, -0.2) is 0 Å². The van der Waals surface area contributed by atoms with Crippen molar-refractivity contribution in [3.8, 4) is 0 Å². The fourth-order valence-electron chi connectivity index (χ4n) is 5.04. The second-order valence-corrected chi connectivity index (χ2v) is 7.13. The molecule has 1 nitrogen and oxygen atoms in total. The first-order chi connectivity index (χ1) is 8.24. The lowest BCUT2D eigenvalue weighted by Gasteiger charge is -2.32. The molecule has 3 saturated carbocycles. The number of hydrogen-bond donors (Lipinski definition) is 1. The third-order valence-electron chi connectivity index (χ3n) is 6.07. The molecule has 0 aromatic rings. The molecule has 0 amide bonds. The minimum absolute atomic E-state index is 0.756. The molecule has 0 saturated heterocycles. The predicted octanol–water partition coefficient (Wildman–Crippen LogP) is 3.98. The monoisotopic (exact) mass is 235 g/mol. The molecule has 0 heterocycles. The molecule has 3 aliphatic carbocycles. The number of rotatable bonds is 4. The molecule has 1 heteroatoms. The van der Waals surface area contributed by atoms with E-state index < -0.39 is 0 Å². The van der Waals surface area contributed by atoms with Crippen LogP contribution in [-0.4, -0.2) is 12.1 Å². The Labute approximate surface area is 107 Å². The highest BCUT2D eigenvalue weighted by atomic mass is 15.0. The van der Waals surface area contributed by atoms with E-state index in [-0.39, 0.29) is 0 Å². The zero-order valence-electron chi connectivity index (χ0n) is 11.6. The Morgan fingerprint density at radius 2 is 1.65 bits per heavy atom. The van der Waals surface area contributed by atoms with Gasteiger partial charge in [-0.15, -0.1) is 0 Å². The summed E-state index contributed by atoms with van der Waals surface area (Å²) in [5.74, 6) is 4.13. The molecule has 3 fully saturated rings. The molecule has 0 aromatic heterocycles. The summed E-state index contributed by atoms with van der Waals surface area (Å²) in [5, 5.41) is 3.95. The van der Waals surface area contributed by atoms with Gasteiger partial charge < -0.3 is 5.32 Å². The van der Waals surface area contributed by atoms with Gasteiger partial charge in [0.05, 0.1) is 0 Å². The van der Waals surface area contributed by atoms with E-state index >= 15 is 0 Å². The summed E-state index contributed by atoms with van der Waals surface area (Å²) in [6, 6.07) is 1.52. The first-order valence-electron chi connectivity index (χ1n) is 8.00. The van der Waals surface area contributed by atoms with Crippen LogP contribution in [0.15, 0.2) is 0 Å². The van der Waals surface area contributed by atoms with Crippen LogP contribution in [0.1, 0.15) is 65.2 Å². The Bertz CT molecular complexity index is 256.